The SMILES string of the molecule is CCNC(=NCc1cccc(C(=O)NC)c1)NCC(c1ccc(F)cc1)N1CCOCC1. The molecular weight excluding hydrogens is 409 g/mol. The summed E-state index contributed by atoms with van der Waals surface area (Å²) in [5.74, 6) is 0.336. The molecule has 1 unspecified atom stereocenters. The molecule has 0 bridgehead atoms. The smallest absolute Gasteiger partial charge is 0.251 e. The van der Waals surface area contributed by atoms with Crippen LogP contribution in [0.15, 0.2) is 53.5 Å². The Hall–Kier alpha value is -2.97. The predicted molar refractivity (Wildman–Crippen MR) is 124 cm³/mol. The van der Waals surface area contributed by atoms with Gasteiger partial charge in [-0.05, 0) is 42.3 Å². The summed E-state index contributed by atoms with van der Waals surface area (Å²) in [7, 11) is 1.62. The lowest BCUT2D eigenvalue weighted by Gasteiger charge is -2.35. The Morgan fingerprint density at radius 2 is 1.91 bits per heavy atom. The summed E-state index contributed by atoms with van der Waals surface area (Å²) in [5, 5.41) is 9.35. The lowest BCUT2D eigenvalue weighted by atomic mass is 10.0. The van der Waals surface area contributed by atoms with Crippen molar-refractivity contribution in [2.45, 2.75) is 19.5 Å². The molecule has 1 atom stereocenters. The Kier molecular flexibility index (Phi) is 9.01. The number of benzene rings is 2. The van der Waals surface area contributed by atoms with Crippen LogP contribution in [0.4, 0.5) is 4.39 Å². The number of guanidine groups is 1. The van der Waals surface area contributed by atoms with Crippen molar-refractivity contribution in [2.75, 3.05) is 46.4 Å². The van der Waals surface area contributed by atoms with E-state index < -0.39 is 0 Å². The highest BCUT2D eigenvalue weighted by Crippen LogP contribution is 2.21. The van der Waals surface area contributed by atoms with Crippen LogP contribution in [0.1, 0.15) is 34.5 Å². The quantitative estimate of drug-likeness (QED) is 0.433. The molecule has 0 aliphatic carbocycles. The Morgan fingerprint density at radius 1 is 1.16 bits per heavy atom. The number of carbonyl (C=O) groups excluding carboxylic acids is 1. The second-order valence-electron chi connectivity index (χ2n) is 7.57. The summed E-state index contributed by atoms with van der Waals surface area (Å²) in [6.45, 7) is 6.83. The van der Waals surface area contributed by atoms with Gasteiger partial charge in [-0.25, -0.2) is 9.38 Å². The maximum Gasteiger partial charge on any atom is 0.251 e. The predicted octanol–water partition coefficient (Wildman–Crippen LogP) is 2.31. The molecule has 8 heteroatoms. The average molecular weight is 442 g/mol. The lowest BCUT2D eigenvalue weighted by Crippen LogP contribution is -2.46. The maximum absolute atomic E-state index is 13.5. The van der Waals surface area contributed by atoms with E-state index in [1.165, 1.54) is 12.1 Å². The van der Waals surface area contributed by atoms with Crippen LogP contribution in [0, 0.1) is 5.82 Å². The molecule has 1 fully saturated rings. The third kappa shape index (κ3) is 6.77. The summed E-state index contributed by atoms with van der Waals surface area (Å²) in [6, 6.07) is 14.2. The van der Waals surface area contributed by atoms with Crippen molar-refractivity contribution in [3.63, 3.8) is 0 Å². The monoisotopic (exact) mass is 441 g/mol. The van der Waals surface area contributed by atoms with Crippen LogP contribution in [0.25, 0.3) is 0 Å². The van der Waals surface area contributed by atoms with Crippen LogP contribution in [-0.2, 0) is 11.3 Å². The number of morpholine rings is 1. The fraction of sp³-hybridized carbons (Fsp3) is 0.417. The molecule has 3 rings (SSSR count). The second kappa shape index (κ2) is 12.2. The van der Waals surface area contributed by atoms with Crippen LogP contribution < -0.4 is 16.0 Å². The molecule has 1 saturated heterocycles. The molecule has 0 radical (unpaired) electrons. The molecule has 1 aliphatic rings. The minimum Gasteiger partial charge on any atom is -0.379 e. The van der Waals surface area contributed by atoms with Crippen molar-refractivity contribution in [3.8, 4) is 0 Å². The molecule has 7 nitrogen and oxygen atoms in total. The molecule has 0 spiro atoms. The summed E-state index contributed by atoms with van der Waals surface area (Å²) in [6.07, 6.45) is 0. The number of hydrogen-bond donors (Lipinski definition) is 3. The highest BCUT2D eigenvalue weighted by atomic mass is 19.1. The first-order valence-electron chi connectivity index (χ1n) is 11.0. The molecule has 0 saturated carbocycles. The number of halogens is 1. The number of hydrogen-bond acceptors (Lipinski definition) is 4. The first-order chi connectivity index (χ1) is 15.6. The Morgan fingerprint density at radius 3 is 2.59 bits per heavy atom. The number of rotatable bonds is 8. The van der Waals surface area contributed by atoms with Crippen molar-refractivity contribution >= 4 is 11.9 Å². The molecule has 32 heavy (non-hydrogen) atoms. The number of nitrogens with zero attached hydrogens (tertiary/aromatic N) is 2. The van der Waals surface area contributed by atoms with Gasteiger partial charge >= 0.3 is 0 Å². The summed E-state index contributed by atoms with van der Waals surface area (Å²) >= 11 is 0. The summed E-state index contributed by atoms with van der Waals surface area (Å²) in [4.78, 5) is 18.9. The first-order valence-corrected chi connectivity index (χ1v) is 11.0. The van der Waals surface area contributed by atoms with Gasteiger partial charge in [-0.3, -0.25) is 9.69 Å². The Bertz CT molecular complexity index is 898. The molecule has 1 heterocycles. The number of nitrogens with one attached hydrogen (secondary N) is 3. The van der Waals surface area contributed by atoms with Crippen LogP contribution in [0.2, 0.25) is 0 Å². The number of aliphatic imine (C=N–C) groups is 1. The zero-order valence-electron chi connectivity index (χ0n) is 18.7. The molecule has 3 N–H and O–H groups in total. The summed E-state index contributed by atoms with van der Waals surface area (Å²) < 4.78 is 19.0. The molecule has 2 aromatic carbocycles. The van der Waals surface area contributed by atoms with E-state index in [2.05, 4.69) is 20.9 Å². The number of carbonyl (C=O) groups is 1. The number of amides is 1. The van der Waals surface area contributed by atoms with Gasteiger partial charge in [0.15, 0.2) is 5.96 Å². The van der Waals surface area contributed by atoms with Gasteiger partial charge in [-0.2, -0.15) is 0 Å². The van der Waals surface area contributed by atoms with Crippen molar-refractivity contribution in [1.29, 1.82) is 0 Å². The van der Waals surface area contributed by atoms with E-state index in [1.807, 2.05) is 37.3 Å². The van der Waals surface area contributed by atoms with Gasteiger partial charge in [0.1, 0.15) is 5.82 Å². The van der Waals surface area contributed by atoms with Crippen LogP contribution in [-0.4, -0.2) is 63.2 Å². The highest BCUT2D eigenvalue weighted by Gasteiger charge is 2.23. The van der Waals surface area contributed by atoms with Crippen molar-refractivity contribution in [1.82, 2.24) is 20.9 Å². The number of ether oxygens (including phenoxy) is 1. The zero-order valence-corrected chi connectivity index (χ0v) is 18.7. The molecule has 0 aromatic heterocycles. The van der Waals surface area contributed by atoms with Gasteiger partial charge < -0.3 is 20.7 Å². The molecular formula is C24H32FN5O2. The standard InChI is InChI=1S/C24H32FN5O2/c1-3-27-24(28-16-18-5-4-6-20(15-18)23(31)26-2)29-17-22(30-11-13-32-14-12-30)19-7-9-21(25)10-8-19/h4-10,15,22H,3,11-14,16-17H2,1-2H3,(H,26,31)(H2,27,28,29). The van der Waals surface area contributed by atoms with Gasteiger partial charge in [0.2, 0.25) is 0 Å². The van der Waals surface area contributed by atoms with Gasteiger partial charge in [0.25, 0.3) is 5.91 Å². The lowest BCUT2D eigenvalue weighted by molar-refractivity contribution is 0.0170. The highest BCUT2D eigenvalue weighted by molar-refractivity contribution is 5.94. The fourth-order valence-corrected chi connectivity index (χ4v) is 3.69. The minimum atomic E-state index is -0.240. The van der Waals surface area contributed by atoms with E-state index in [-0.39, 0.29) is 17.8 Å². The molecule has 172 valence electrons. The largest absolute Gasteiger partial charge is 0.379 e. The Labute approximate surface area is 189 Å². The second-order valence-corrected chi connectivity index (χ2v) is 7.57. The fourth-order valence-electron chi connectivity index (χ4n) is 3.69. The van der Waals surface area contributed by atoms with Gasteiger partial charge in [0, 0.05) is 38.8 Å². The third-order valence-corrected chi connectivity index (χ3v) is 5.38. The maximum atomic E-state index is 13.5. The Balaban J connectivity index is 1.71. The molecule has 1 amide bonds. The summed E-state index contributed by atoms with van der Waals surface area (Å²) in [5.41, 5.74) is 2.61. The van der Waals surface area contributed by atoms with Gasteiger partial charge in [-0.15, -0.1) is 0 Å². The van der Waals surface area contributed by atoms with E-state index in [0.29, 0.717) is 37.8 Å². The topological polar surface area (TPSA) is 78.0 Å². The van der Waals surface area contributed by atoms with Crippen LogP contribution in [0.5, 0.6) is 0 Å². The third-order valence-electron chi connectivity index (χ3n) is 5.38. The minimum absolute atomic E-state index is 0.0694. The van der Waals surface area contributed by atoms with Gasteiger partial charge in [-0.1, -0.05) is 24.3 Å². The molecule has 1 aliphatic heterocycles. The van der Waals surface area contributed by atoms with E-state index >= 15 is 0 Å². The van der Waals surface area contributed by atoms with Crippen molar-refractivity contribution < 1.29 is 13.9 Å². The van der Waals surface area contributed by atoms with Gasteiger partial charge in [0.05, 0.1) is 25.8 Å². The van der Waals surface area contributed by atoms with Crippen molar-refractivity contribution in [2.24, 2.45) is 4.99 Å². The molecule has 2 aromatic rings. The van der Waals surface area contributed by atoms with E-state index in [0.717, 1.165) is 30.8 Å². The zero-order chi connectivity index (χ0) is 22.8. The first kappa shape index (κ1) is 23.7. The van der Waals surface area contributed by atoms with E-state index in [4.69, 9.17) is 9.73 Å². The van der Waals surface area contributed by atoms with E-state index in [9.17, 15) is 9.18 Å². The average Bonchev–Trinajstić information content (AvgIpc) is 2.84. The van der Waals surface area contributed by atoms with Crippen molar-refractivity contribution in [3.05, 3.63) is 71.0 Å². The van der Waals surface area contributed by atoms with E-state index in [1.54, 1.807) is 13.1 Å². The van der Waals surface area contributed by atoms with Crippen LogP contribution >= 0.6 is 0 Å². The van der Waals surface area contributed by atoms with Crippen LogP contribution in [0.3, 0.4) is 0 Å². The normalized spacial score (nSPS) is 15.8.